The van der Waals surface area contributed by atoms with E-state index in [0.29, 0.717) is 59.1 Å². The molecular weight excluding hydrogens is 1010 g/mol. The standard InChI is InChI=1S/C27H22F3N3S2.C24H17N3O6.Ru/c1-2-3-4-5-8-17-11-12-34-26(17)19-13-20(21-16-25(33-32-21)27(28,29)30)31-22(14-19)24-15-18-9-6-7-10-23(18)35-24;28-15-31-8-3-18-1-6-25-21(11-18)23-13-20(5-10-33-17-30)14-24(27-23)22-12-19(2-7-26-22)4-9-32-16-29;/h6-7,9-14,16H,2-5,8H2,1H3;1-17H;/q-2;;+2/b;8-3+,9-4+,10-5+;. The number of pyridine rings is 4. The van der Waals surface area contributed by atoms with Crippen molar-refractivity contribution < 1.29 is 61.2 Å². The van der Waals surface area contributed by atoms with Crippen molar-refractivity contribution >= 4 is 70.4 Å². The Morgan fingerprint density at radius 2 is 1.28 bits per heavy atom. The van der Waals surface area contributed by atoms with E-state index in [9.17, 15) is 27.6 Å². The van der Waals surface area contributed by atoms with E-state index in [1.165, 1.54) is 43.6 Å². The summed E-state index contributed by atoms with van der Waals surface area (Å²) in [6, 6.07) is 28.9. The van der Waals surface area contributed by atoms with E-state index < -0.39 is 11.9 Å². The molecule has 0 N–H and O–H groups in total. The molecule has 0 saturated heterocycles. The van der Waals surface area contributed by atoms with Crippen LogP contribution >= 0.6 is 22.7 Å². The number of fused-ring (bicyclic) bond motifs is 1. The smallest absolute Gasteiger partial charge is 0.573 e. The topological polar surface area (TPSA) is 157 Å². The molecule has 0 bridgehead atoms. The molecule has 0 unspecified atom stereocenters. The van der Waals surface area contributed by atoms with Crippen LogP contribution in [0.3, 0.4) is 0 Å². The summed E-state index contributed by atoms with van der Waals surface area (Å²) in [5, 5.41) is 10.2. The minimum atomic E-state index is -4.55. The molecule has 8 aromatic rings. The third kappa shape index (κ3) is 14.1. The second-order valence-electron chi connectivity index (χ2n) is 14.6. The Morgan fingerprint density at radius 1 is 0.681 bits per heavy atom. The fraction of sp³-hybridized carbons (Fsp3) is 0.137. The van der Waals surface area contributed by atoms with Gasteiger partial charge in [0.25, 0.3) is 19.4 Å². The molecule has 0 aliphatic carbocycles. The molecular formula is C51H39F3N6O6RuS2. The number of ether oxygens (including phenoxy) is 3. The number of halogens is 3. The van der Waals surface area contributed by atoms with Crippen LogP contribution in [0.2, 0.25) is 0 Å². The number of hydrogen-bond acceptors (Lipinski definition) is 13. The predicted molar refractivity (Wildman–Crippen MR) is 256 cm³/mol. The van der Waals surface area contributed by atoms with Gasteiger partial charge in [-0.3, -0.25) is 29.3 Å². The van der Waals surface area contributed by atoms with Crippen molar-refractivity contribution in [1.29, 1.82) is 0 Å². The van der Waals surface area contributed by atoms with Gasteiger partial charge in [-0.25, -0.2) is 16.3 Å². The Kier molecular flexibility index (Phi) is 18.7. The molecule has 12 nitrogen and oxygen atoms in total. The van der Waals surface area contributed by atoms with Crippen LogP contribution in [-0.4, -0.2) is 44.5 Å². The molecule has 7 aromatic heterocycles. The van der Waals surface area contributed by atoms with Crippen LogP contribution in [0.5, 0.6) is 0 Å². The van der Waals surface area contributed by atoms with Crippen molar-refractivity contribution in [1.82, 2.24) is 30.1 Å². The third-order valence-corrected chi connectivity index (χ3v) is 12.0. The Labute approximate surface area is 415 Å². The molecule has 0 spiro atoms. The quantitative estimate of drug-likeness (QED) is 0.0189. The van der Waals surface area contributed by atoms with Crippen molar-refractivity contribution in [3.8, 4) is 55.2 Å². The number of nitrogens with zero attached hydrogens (tertiary/aromatic N) is 6. The average molecular weight is 1050 g/mol. The molecule has 0 amide bonds. The van der Waals surface area contributed by atoms with Crippen LogP contribution in [0, 0.1) is 6.07 Å². The summed E-state index contributed by atoms with van der Waals surface area (Å²) in [5.74, 6) is 0. The molecule has 1 aromatic carbocycles. The number of unbranched alkanes of at least 4 members (excludes halogenated alkanes) is 3. The number of carbonyl (C=O) groups excluding carboxylic acids is 3. The van der Waals surface area contributed by atoms with Crippen LogP contribution < -0.4 is 5.10 Å². The van der Waals surface area contributed by atoms with Crippen LogP contribution in [0.4, 0.5) is 13.2 Å². The zero-order chi connectivity index (χ0) is 47.7. The second kappa shape index (κ2) is 25.2. The maximum absolute atomic E-state index is 13.2. The van der Waals surface area contributed by atoms with Gasteiger partial charge in [-0.15, -0.1) is 34.9 Å². The largest absolute Gasteiger partial charge is 2.00 e. The maximum atomic E-state index is 13.2. The first-order valence-corrected chi connectivity index (χ1v) is 22.6. The first kappa shape index (κ1) is 51.1. The molecule has 7 heterocycles. The number of aromatic nitrogens is 6. The van der Waals surface area contributed by atoms with E-state index >= 15 is 0 Å². The summed E-state index contributed by atoms with van der Waals surface area (Å²) < 4.78 is 54.5. The summed E-state index contributed by atoms with van der Waals surface area (Å²) in [4.78, 5) is 51.2. The molecule has 0 radical (unpaired) electrons. The number of alkyl halides is 3. The maximum Gasteiger partial charge on any atom is 2.00 e. The molecule has 0 aliphatic rings. The van der Waals surface area contributed by atoms with Crippen molar-refractivity contribution in [2.75, 3.05) is 0 Å². The number of benzene rings is 1. The summed E-state index contributed by atoms with van der Waals surface area (Å²) in [7, 11) is 0. The first-order chi connectivity index (χ1) is 33.1. The normalized spacial score (nSPS) is 11.4. The van der Waals surface area contributed by atoms with Crippen molar-refractivity contribution in [2.24, 2.45) is 0 Å². The zero-order valence-electron chi connectivity index (χ0n) is 36.5. The van der Waals surface area contributed by atoms with E-state index in [-0.39, 0.29) is 25.2 Å². The Balaban J connectivity index is 0.000000224. The molecule has 0 aliphatic heterocycles. The Bertz CT molecular complexity index is 2980. The monoisotopic (exact) mass is 1050 g/mol. The number of rotatable bonds is 19. The van der Waals surface area contributed by atoms with Crippen LogP contribution in [-0.2, 0) is 60.7 Å². The molecule has 350 valence electrons. The fourth-order valence-corrected chi connectivity index (χ4v) is 8.68. The fourth-order valence-electron chi connectivity index (χ4n) is 6.77. The summed E-state index contributed by atoms with van der Waals surface area (Å²) in [6.45, 7) is 3.16. The van der Waals surface area contributed by atoms with Crippen LogP contribution in [0.25, 0.3) is 83.5 Å². The van der Waals surface area contributed by atoms with Gasteiger partial charge in [0.1, 0.15) is 5.69 Å². The number of aryl methyl sites for hydroxylation is 1. The Morgan fingerprint density at radius 3 is 1.87 bits per heavy atom. The minimum absolute atomic E-state index is 0. The summed E-state index contributed by atoms with van der Waals surface area (Å²) >= 11 is 3.20. The number of thiophene rings is 2. The molecule has 0 fully saturated rings. The van der Waals surface area contributed by atoms with Gasteiger partial charge in [0.15, 0.2) is 0 Å². The molecule has 69 heavy (non-hydrogen) atoms. The van der Waals surface area contributed by atoms with Gasteiger partial charge in [-0.05, 0) is 128 Å². The van der Waals surface area contributed by atoms with Gasteiger partial charge in [0, 0.05) is 28.7 Å². The van der Waals surface area contributed by atoms with Gasteiger partial charge < -0.3 is 24.4 Å². The summed E-state index contributed by atoms with van der Waals surface area (Å²) in [5.41, 5.74) is 6.70. The van der Waals surface area contributed by atoms with Gasteiger partial charge >= 0.3 is 25.7 Å². The van der Waals surface area contributed by atoms with E-state index in [2.05, 4.69) is 63.8 Å². The average Bonchev–Trinajstić information content (AvgIpc) is 4.15. The predicted octanol–water partition coefficient (Wildman–Crippen LogP) is 12.3. The second-order valence-corrected chi connectivity index (χ2v) is 16.6. The molecule has 18 heteroatoms. The van der Waals surface area contributed by atoms with Crippen molar-refractivity contribution in [3.63, 3.8) is 0 Å². The van der Waals surface area contributed by atoms with Crippen LogP contribution in [0.15, 0.2) is 121 Å². The van der Waals surface area contributed by atoms with Crippen molar-refractivity contribution in [2.45, 2.75) is 45.2 Å². The summed E-state index contributed by atoms with van der Waals surface area (Å²) in [6.07, 6.45) is 12.9. The number of hydrogen-bond donors (Lipinski definition) is 0. The van der Waals surface area contributed by atoms with Crippen LogP contribution in [0.1, 0.15) is 60.6 Å². The SMILES string of the molecule is CCCCCCc1ccsc1-c1cc(-c2cc(C(F)(F)F)n[n-]2)nc(-c2[c-]c3ccccc3s2)c1.O=CO/C=C/c1ccnc(-c2cc(/C=C/OC=O)cc(-c3cc(/C=C/OC=O)ccn3)n2)c1.[Ru+2]. The van der Waals surface area contributed by atoms with Gasteiger partial charge in [-0.2, -0.15) is 13.2 Å². The van der Waals surface area contributed by atoms with E-state index in [1.807, 2.05) is 36.4 Å². The van der Waals surface area contributed by atoms with E-state index in [0.717, 1.165) is 55.4 Å². The van der Waals surface area contributed by atoms with E-state index in [1.54, 1.807) is 89.7 Å². The van der Waals surface area contributed by atoms with Crippen molar-refractivity contribution in [3.05, 3.63) is 156 Å². The Hall–Kier alpha value is -7.27. The van der Waals surface area contributed by atoms with E-state index in [4.69, 9.17) is 4.98 Å². The van der Waals surface area contributed by atoms with Gasteiger partial charge in [0.2, 0.25) is 0 Å². The minimum Gasteiger partial charge on any atom is -0.573 e. The van der Waals surface area contributed by atoms with Gasteiger partial charge in [0.05, 0.1) is 41.6 Å². The third-order valence-electron chi connectivity index (χ3n) is 9.93. The molecule has 8 rings (SSSR count). The van der Waals surface area contributed by atoms with Gasteiger partial charge in [-0.1, -0.05) is 50.1 Å². The zero-order valence-corrected chi connectivity index (χ0v) is 39.9. The molecule has 0 saturated carbocycles. The first-order valence-electron chi connectivity index (χ1n) is 21.0. The molecule has 0 atom stereocenters. The number of carbonyl (C=O) groups is 3.